The lowest BCUT2D eigenvalue weighted by Crippen LogP contribution is -2.44. The molecule has 0 bridgehead atoms. The van der Waals surface area contributed by atoms with Gasteiger partial charge in [0.25, 0.3) is 0 Å². The van der Waals surface area contributed by atoms with E-state index in [1.807, 2.05) is 6.07 Å². The molecule has 2 aliphatic rings. The number of aromatic nitrogens is 2. The Labute approximate surface area is 134 Å². The fourth-order valence-electron chi connectivity index (χ4n) is 3.77. The quantitative estimate of drug-likeness (QED) is 0.797. The Balaban J connectivity index is 1.65. The Morgan fingerprint density at radius 1 is 1.27 bits per heavy atom. The maximum Gasteiger partial charge on any atom is 0.188 e. The highest BCUT2D eigenvalue weighted by atomic mass is 32.1. The summed E-state index contributed by atoms with van der Waals surface area (Å²) in [6.07, 6.45) is 2.46. The highest BCUT2D eigenvalue weighted by Crippen LogP contribution is 2.35. The van der Waals surface area contributed by atoms with Crippen molar-refractivity contribution in [1.29, 1.82) is 0 Å². The molecule has 2 unspecified atom stereocenters. The Bertz CT molecular complexity index is 728. The molecule has 0 spiro atoms. The van der Waals surface area contributed by atoms with Gasteiger partial charge in [-0.25, -0.2) is 9.97 Å². The predicted molar refractivity (Wildman–Crippen MR) is 88.8 cm³/mol. The molecule has 2 aliphatic heterocycles. The number of anilines is 1. The first-order valence-corrected chi connectivity index (χ1v) is 8.67. The van der Waals surface area contributed by atoms with Gasteiger partial charge in [0.1, 0.15) is 16.2 Å². The second-order valence-electron chi connectivity index (χ2n) is 6.43. The van der Waals surface area contributed by atoms with Gasteiger partial charge in [-0.05, 0) is 44.5 Å². The average Bonchev–Trinajstić information content (AvgIpc) is 3.09. The molecule has 0 aliphatic carbocycles. The SMILES string of the molecule is CC(=O)c1nc2ccc(N3CCC4CN(C)CCC43)nc2s1. The predicted octanol–water partition coefficient (Wildman–Crippen LogP) is 2.42. The minimum atomic E-state index is 0.0149. The van der Waals surface area contributed by atoms with Crippen LogP contribution in [0, 0.1) is 5.92 Å². The molecule has 2 saturated heterocycles. The highest BCUT2D eigenvalue weighted by molar-refractivity contribution is 7.19. The largest absolute Gasteiger partial charge is 0.353 e. The maximum atomic E-state index is 11.5. The fourth-order valence-corrected chi connectivity index (χ4v) is 4.60. The van der Waals surface area contributed by atoms with Crippen LogP contribution in [0.5, 0.6) is 0 Å². The zero-order chi connectivity index (χ0) is 15.3. The van der Waals surface area contributed by atoms with Crippen LogP contribution >= 0.6 is 11.3 Å². The first-order chi connectivity index (χ1) is 10.6. The van der Waals surface area contributed by atoms with Crippen LogP contribution in [0.2, 0.25) is 0 Å². The van der Waals surface area contributed by atoms with Crippen LogP contribution in [-0.4, -0.2) is 53.4 Å². The molecule has 0 amide bonds. The second kappa shape index (κ2) is 5.28. The molecule has 4 rings (SSSR count). The molecule has 4 heterocycles. The Morgan fingerprint density at radius 2 is 2.14 bits per heavy atom. The van der Waals surface area contributed by atoms with Gasteiger partial charge in [-0.2, -0.15) is 0 Å². The topological polar surface area (TPSA) is 49.3 Å². The first kappa shape index (κ1) is 14.1. The molecule has 0 radical (unpaired) electrons. The lowest BCUT2D eigenvalue weighted by Gasteiger charge is -2.36. The van der Waals surface area contributed by atoms with E-state index in [-0.39, 0.29) is 5.78 Å². The van der Waals surface area contributed by atoms with Crippen LogP contribution in [0.4, 0.5) is 5.82 Å². The van der Waals surface area contributed by atoms with Crippen molar-refractivity contribution >= 4 is 33.3 Å². The highest BCUT2D eigenvalue weighted by Gasteiger charge is 2.38. The van der Waals surface area contributed by atoms with E-state index in [9.17, 15) is 4.79 Å². The minimum Gasteiger partial charge on any atom is -0.353 e. The van der Waals surface area contributed by atoms with Gasteiger partial charge in [0.15, 0.2) is 10.8 Å². The Hall–Kier alpha value is -1.53. The monoisotopic (exact) mass is 316 g/mol. The van der Waals surface area contributed by atoms with Crippen molar-refractivity contribution in [3.8, 4) is 0 Å². The molecule has 116 valence electrons. The van der Waals surface area contributed by atoms with E-state index in [4.69, 9.17) is 4.98 Å². The first-order valence-electron chi connectivity index (χ1n) is 7.85. The number of piperidine rings is 1. The summed E-state index contributed by atoms with van der Waals surface area (Å²) in [6, 6.07) is 4.68. The molecule has 0 saturated carbocycles. The molecule has 0 N–H and O–H groups in total. The summed E-state index contributed by atoms with van der Waals surface area (Å²) in [5.41, 5.74) is 0.832. The van der Waals surface area contributed by atoms with Crippen molar-refractivity contribution in [2.45, 2.75) is 25.8 Å². The second-order valence-corrected chi connectivity index (χ2v) is 7.41. The van der Waals surface area contributed by atoms with Gasteiger partial charge in [0, 0.05) is 26.1 Å². The smallest absolute Gasteiger partial charge is 0.188 e. The van der Waals surface area contributed by atoms with Crippen molar-refractivity contribution in [2.75, 3.05) is 31.6 Å². The number of thiazole rings is 1. The number of ketones is 1. The summed E-state index contributed by atoms with van der Waals surface area (Å²) in [7, 11) is 2.21. The van der Waals surface area contributed by atoms with Crippen molar-refractivity contribution in [3.63, 3.8) is 0 Å². The number of likely N-dealkylation sites (tertiary alicyclic amines) is 1. The number of fused-ring (bicyclic) bond motifs is 2. The van der Waals surface area contributed by atoms with E-state index in [1.54, 1.807) is 6.92 Å². The lowest BCUT2D eigenvalue weighted by atomic mass is 9.93. The van der Waals surface area contributed by atoms with Crippen molar-refractivity contribution in [2.24, 2.45) is 5.92 Å². The van der Waals surface area contributed by atoms with Crippen molar-refractivity contribution < 1.29 is 4.79 Å². The van der Waals surface area contributed by atoms with Gasteiger partial charge >= 0.3 is 0 Å². The molecule has 0 aromatic carbocycles. The van der Waals surface area contributed by atoms with E-state index >= 15 is 0 Å². The van der Waals surface area contributed by atoms with Crippen LogP contribution in [-0.2, 0) is 0 Å². The average molecular weight is 316 g/mol. The van der Waals surface area contributed by atoms with Crippen LogP contribution in [0.3, 0.4) is 0 Å². The standard InChI is InChI=1S/C16H20N4OS/c1-10(21)15-17-12-3-4-14(18-16(12)22-15)20-8-5-11-9-19(2)7-6-13(11)20/h3-4,11,13H,5-9H2,1-2H3. The summed E-state index contributed by atoms with van der Waals surface area (Å²) < 4.78 is 0. The van der Waals surface area contributed by atoms with Crippen LogP contribution in [0.1, 0.15) is 29.6 Å². The van der Waals surface area contributed by atoms with E-state index in [2.05, 4.69) is 27.9 Å². The third-order valence-electron chi connectivity index (χ3n) is 4.87. The van der Waals surface area contributed by atoms with E-state index in [1.165, 1.54) is 30.7 Å². The molecule has 6 heteroatoms. The maximum absolute atomic E-state index is 11.5. The summed E-state index contributed by atoms with van der Waals surface area (Å²) >= 11 is 1.40. The van der Waals surface area contributed by atoms with Gasteiger partial charge in [0.2, 0.25) is 0 Å². The van der Waals surface area contributed by atoms with Crippen molar-refractivity contribution in [1.82, 2.24) is 14.9 Å². The number of hydrogen-bond acceptors (Lipinski definition) is 6. The van der Waals surface area contributed by atoms with E-state index < -0.39 is 0 Å². The zero-order valence-corrected chi connectivity index (χ0v) is 13.8. The number of hydrogen-bond donors (Lipinski definition) is 0. The van der Waals surface area contributed by atoms with Crippen LogP contribution < -0.4 is 4.90 Å². The molecular weight excluding hydrogens is 296 g/mol. The van der Waals surface area contributed by atoms with Crippen LogP contribution in [0.15, 0.2) is 12.1 Å². The summed E-state index contributed by atoms with van der Waals surface area (Å²) in [6.45, 7) is 5.00. The van der Waals surface area contributed by atoms with E-state index in [0.717, 1.165) is 35.2 Å². The molecule has 2 fully saturated rings. The summed E-state index contributed by atoms with van der Waals surface area (Å²) in [4.78, 5) is 26.4. The van der Waals surface area contributed by atoms with Gasteiger partial charge in [-0.1, -0.05) is 11.3 Å². The molecule has 2 aromatic rings. The van der Waals surface area contributed by atoms with Crippen LogP contribution in [0.25, 0.3) is 10.3 Å². The third kappa shape index (κ3) is 2.30. The Morgan fingerprint density at radius 3 is 2.95 bits per heavy atom. The number of carbonyl (C=O) groups is 1. The summed E-state index contributed by atoms with van der Waals surface area (Å²) in [5, 5.41) is 0.554. The van der Waals surface area contributed by atoms with Gasteiger partial charge in [0.05, 0.1) is 0 Å². The zero-order valence-electron chi connectivity index (χ0n) is 13.0. The number of rotatable bonds is 2. The third-order valence-corrected chi connectivity index (χ3v) is 5.94. The Kier molecular flexibility index (Phi) is 3.38. The summed E-state index contributed by atoms with van der Waals surface area (Å²) in [5.74, 6) is 1.81. The van der Waals surface area contributed by atoms with Gasteiger partial charge in [-0.3, -0.25) is 4.79 Å². The van der Waals surface area contributed by atoms with E-state index in [0.29, 0.717) is 11.0 Å². The molecule has 22 heavy (non-hydrogen) atoms. The molecule has 2 aromatic heterocycles. The molecule has 2 atom stereocenters. The van der Waals surface area contributed by atoms with Crippen molar-refractivity contribution in [3.05, 3.63) is 17.1 Å². The number of pyridine rings is 1. The normalized spacial score (nSPS) is 25.6. The van der Waals surface area contributed by atoms with Gasteiger partial charge in [-0.15, -0.1) is 0 Å². The fraction of sp³-hybridized carbons (Fsp3) is 0.562. The number of nitrogens with zero attached hydrogens (tertiary/aromatic N) is 4. The minimum absolute atomic E-state index is 0.0149. The van der Waals surface area contributed by atoms with Gasteiger partial charge < -0.3 is 9.80 Å². The lowest BCUT2D eigenvalue weighted by molar-refractivity contribution is 0.101. The number of carbonyl (C=O) groups excluding carboxylic acids is 1. The number of Topliss-reactive ketones (excluding diaryl/α,β-unsaturated/α-hetero) is 1. The molecule has 5 nitrogen and oxygen atoms in total. The molecular formula is C16H20N4OS.